The molecule has 7 heteroatoms. The summed E-state index contributed by atoms with van der Waals surface area (Å²) in [6, 6.07) is 7.63. The number of allylic oxidation sites excluding steroid dienone is 1. The van der Waals surface area contributed by atoms with Crippen molar-refractivity contribution >= 4 is 33.3 Å². The van der Waals surface area contributed by atoms with Crippen LogP contribution in [0.4, 0.5) is 11.6 Å². The van der Waals surface area contributed by atoms with Gasteiger partial charge in [0, 0.05) is 22.2 Å². The van der Waals surface area contributed by atoms with Crippen molar-refractivity contribution in [2.45, 2.75) is 32.7 Å². The fourth-order valence-electron chi connectivity index (χ4n) is 3.43. The van der Waals surface area contributed by atoms with Gasteiger partial charge in [-0.3, -0.25) is 4.79 Å². The molecule has 2 N–H and O–H groups in total. The Kier molecular flexibility index (Phi) is 3.49. The lowest BCUT2D eigenvalue weighted by atomic mass is 9.73. The second kappa shape index (κ2) is 5.44. The predicted octanol–water partition coefficient (Wildman–Crippen LogP) is 4.05. The number of fused-ring (bicyclic) bond motifs is 1. The van der Waals surface area contributed by atoms with E-state index in [2.05, 4.69) is 50.7 Å². The zero-order chi connectivity index (χ0) is 16.9. The molecule has 0 saturated carbocycles. The predicted molar refractivity (Wildman–Crippen MR) is 93.5 cm³/mol. The number of anilines is 2. The number of hydrogen-bond acceptors (Lipinski definition) is 6. The Balaban J connectivity index is 1.88. The van der Waals surface area contributed by atoms with Crippen molar-refractivity contribution in [3.63, 3.8) is 0 Å². The zero-order valence-electron chi connectivity index (χ0n) is 13.4. The number of hydrogen-bond donors (Lipinski definition) is 2. The minimum atomic E-state index is -0.290. The van der Waals surface area contributed by atoms with Crippen LogP contribution in [0.15, 0.2) is 44.6 Å². The van der Waals surface area contributed by atoms with Gasteiger partial charge in [-0.2, -0.15) is 0 Å². The molecule has 2 aliphatic rings. The molecule has 1 aliphatic carbocycles. The lowest BCUT2D eigenvalue weighted by Crippen LogP contribution is -2.31. The summed E-state index contributed by atoms with van der Waals surface area (Å²) in [6.45, 7) is 4.20. The number of carbonyl (C=O) groups excluding carboxylic acids is 1. The quantitative estimate of drug-likeness (QED) is 0.766. The molecule has 0 spiro atoms. The second-order valence-corrected chi connectivity index (χ2v) is 7.97. The molecule has 0 bridgehead atoms. The van der Waals surface area contributed by atoms with Gasteiger partial charge in [-0.1, -0.05) is 41.9 Å². The van der Waals surface area contributed by atoms with Crippen LogP contribution in [-0.2, 0) is 4.79 Å². The molecule has 1 aromatic heterocycles. The van der Waals surface area contributed by atoms with Crippen LogP contribution in [0.3, 0.4) is 0 Å². The van der Waals surface area contributed by atoms with Crippen molar-refractivity contribution in [3.8, 4) is 0 Å². The largest absolute Gasteiger partial charge is 0.353 e. The standard InChI is InChI=1S/C17H17BrN4O2/c1-17(2)7-11-13(12(23)8-17)14(9-4-3-5-10(18)6-9)20-16-15(19-11)21-24-22-16/h3-6,14H,7-8H2,1-2H3,(H,19,21)(H,20,22)/t14-/m1/s1. The van der Waals surface area contributed by atoms with Gasteiger partial charge in [-0.25, -0.2) is 4.63 Å². The van der Waals surface area contributed by atoms with E-state index >= 15 is 0 Å². The van der Waals surface area contributed by atoms with Gasteiger partial charge in [0.05, 0.1) is 6.04 Å². The Morgan fingerprint density at radius 1 is 1.25 bits per heavy atom. The molecule has 0 unspecified atom stereocenters. The molecule has 6 nitrogen and oxygen atoms in total. The minimum absolute atomic E-state index is 0.0909. The van der Waals surface area contributed by atoms with E-state index in [-0.39, 0.29) is 17.2 Å². The number of nitrogens with one attached hydrogen (secondary N) is 2. The van der Waals surface area contributed by atoms with E-state index in [1.54, 1.807) is 0 Å². The molecule has 2 aromatic rings. The van der Waals surface area contributed by atoms with Gasteiger partial charge in [0.15, 0.2) is 5.78 Å². The molecule has 124 valence electrons. The molecular weight excluding hydrogens is 372 g/mol. The summed E-state index contributed by atoms with van der Waals surface area (Å²) in [5.74, 6) is 1.18. The van der Waals surface area contributed by atoms with E-state index in [4.69, 9.17) is 4.63 Å². The molecule has 0 amide bonds. The van der Waals surface area contributed by atoms with Gasteiger partial charge in [0.2, 0.25) is 11.6 Å². The molecule has 2 heterocycles. The summed E-state index contributed by atoms with van der Waals surface area (Å²) < 4.78 is 5.81. The average Bonchev–Trinajstić information content (AvgIpc) is 2.85. The topological polar surface area (TPSA) is 80.1 Å². The monoisotopic (exact) mass is 388 g/mol. The number of ketones is 1. The van der Waals surface area contributed by atoms with Crippen LogP contribution in [0, 0.1) is 5.41 Å². The van der Waals surface area contributed by atoms with Gasteiger partial charge >= 0.3 is 0 Å². The van der Waals surface area contributed by atoms with Crippen molar-refractivity contribution in [3.05, 3.63) is 45.6 Å². The van der Waals surface area contributed by atoms with E-state index in [1.165, 1.54) is 0 Å². The maximum absolute atomic E-state index is 12.9. The Hall–Kier alpha value is -2.15. The number of nitrogens with zero attached hydrogens (tertiary/aromatic N) is 2. The molecular formula is C17H17BrN4O2. The number of halogens is 1. The highest BCUT2D eigenvalue weighted by atomic mass is 79.9. The fourth-order valence-corrected chi connectivity index (χ4v) is 3.85. The van der Waals surface area contributed by atoms with E-state index in [0.29, 0.717) is 18.1 Å². The SMILES string of the molecule is CC1(C)CC(=O)C2=C(C1)Nc1nonc1N[C@@H]2c1cccc(Br)c1. The molecule has 24 heavy (non-hydrogen) atoms. The lowest BCUT2D eigenvalue weighted by molar-refractivity contribution is -0.118. The van der Waals surface area contributed by atoms with Crippen molar-refractivity contribution in [2.75, 3.05) is 10.6 Å². The van der Waals surface area contributed by atoms with E-state index in [0.717, 1.165) is 27.7 Å². The number of rotatable bonds is 1. The maximum atomic E-state index is 12.9. The van der Waals surface area contributed by atoms with Gasteiger partial charge in [-0.15, -0.1) is 0 Å². The summed E-state index contributed by atoms with van der Waals surface area (Å²) in [5, 5.41) is 14.4. The molecule has 0 fully saturated rings. The molecule has 0 radical (unpaired) electrons. The highest BCUT2D eigenvalue weighted by Crippen LogP contribution is 2.44. The third kappa shape index (κ3) is 2.62. The number of carbonyl (C=O) groups is 1. The van der Waals surface area contributed by atoms with Crippen LogP contribution in [0.2, 0.25) is 0 Å². The molecule has 1 aliphatic heterocycles. The Morgan fingerprint density at radius 2 is 2.04 bits per heavy atom. The van der Waals surface area contributed by atoms with Crippen molar-refractivity contribution in [2.24, 2.45) is 5.41 Å². The van der Waals surface area contributed by atoms with Crippen LogP contribution < -0.4 is 10.6 Å². The third-order valence-corrected chi connectivity index (χ3v) is 4.92. The van der Waals surface area contributed by atoms with E-state index in [9.17, 15) is 4.79 Å². The van der Waals surface area contributed by atoms with E-state index in [1.807, 2.05) is 24.3 Å². The van der Waals surface area contributed by atoms with E-state index < -0.39 is 0 Å². The fraction of sp³-hybridized carbons (Fsp3) is 0.353. The van der Waals surface area contributed by atoms with Crippen LogP contribution in [0.25, 0.3) is 0 Å². The Labute approximate surface area is 147 Å². The lowest BCUT2D eigenvalue weighted by Gasteiger charge is -2.34. The van der Waals surface area contributed by atoms with Gasteiger partial charge in [0.25, 0.3) is 0 Å². The van der Waals surface area contributed by atoms with Crippen LogP contribution in [-0.4, -0.2) is 16.1 Å². The summed E-state index contributed by atoms with van der Waals surface area (Å²) in [6.07, 6.45) is 1.29. The van der Waals surface area contributed by atoms with Crippen molar-refractivity contribution in [1.29, 1.82) is 0 Å². The van der Waals surface area contributed by atoms with Crippen molar-refractivity contribution < 1.29 is 9.42 Å². The first-order chi connectivity index (χ1) is 11.4. The molecule has 4 rings (SSSR count). The average molecular weight is 389 g/mol. The first kappa shape index (κ1) is 15.4. The number of benzene rings is 1. The first-order valence-corrected chi connectivity index (χ1v) is 8.60. The normalized spacial score (nSPS) is 22.1. The Morgan fingerprint density at radius 3 is 2.83 bits per heavy atom. The summed E-state index contributed by atoms with van der Waals surface area (Å²) in [7, 11) is 0. The third-order valence-electron chi connectivity index (χ3n) is 4.43. The number of Topliss-reactive ketones (excluding diaryl/α,β-unsaturated/α-hetero) is 1. The van der Waals surface area contributed by atoms with Crippen LogP contribution in [0.5, 0.6) is 0 Å². The van der Waals surface area contributed by atoms with Gasteiger partial charge in [0.1, 0.15) is 0 Å². The molecule has 1 atom stereocenters. The van der Waals surface area contributed by atoms with Gasteiger partial charge < -0.3 is 10.6 Å². The first-order valence-electron chi connectivity index (χ1n) is 7.81. The highest BCUT2D eigenvalue weighted by molar-refractivity contribution is 9.10. The summed E-state index contributed by atoms with van der Waals surface area (Å²) in [5.41, 5.74) is 2.55. The second-order valence-electron chi connectivity index (χ2n) is 7.05. The summed E-state index contributed by atoms with van der Waals surface area (Å²) >= 11 is 3.50. The maximum Gasteiger partial charge on any atom is 0.219 e. The summed E-state index contributed by atoms with van der Waals surface area (Å²) in [4.78, 5) is 12.9. The van der Waals surface area contributed by atoms with Gasteiger partial charge in [-0.05, 0) is 39.8 Å². The zero-order valence-corrected chi connectivity index (χ0v) is 15.0. The molecule has 1 aromatic carbocycles. The highest BCUT2D eigenvalue weighted by Gasteiger charge is 2.39. The molecule has 0 saturated heterocycles. The minimum Gasteiger partial charge on any atom is -0.353 e. The van der Waals surface area contributed by atoms with Crippen LogP contribution >= 0.6 is 15.9 Å². The Bertz CT molecular complexity index is 856. The smallest absolute Gasteiger partial charge is 0.219 e. The van der Waals surface area contributed by atoms with Crippen LogP contribution in [0.1, 0.15) is 38.3 Å². The number of aromatic nitrogens is 2. The van der Waals surface area contributed by atoms with Crippen molar-refractivity contribution in [1.82, 2.24) is 10.3 Å².